The Morgan fingerprint density at radius 3 is 1.65 bits per heavy atom. The number of aliphatic hydroxyl groups excluding tert-OH is 1. The number of rotatable bonds is 17. The van der Waals surface area contributed by atoms with Gasteiger partial charge in [0.1, 0.15) is 11.7 Å². The molecule has 0 spiro atoms. The molecule has 1 amide bonds. The molecule has 0 aliphatic heterocycles. The van der Waals surface area contributed by atoms with Crippen molar-refractivity contribution in [2.45, 2.75) is 200 Å². The van der Waals surface area contributed by atoms with Crippen LogP contribution in [0.3, 0.4) is 0 Å². The molecule has 0 saturated carbocycles. The highest BCUT2D eigenvalue weighted by atomic mass is 28.4. The lowest BCUT2D eigenvalue weighted by atomic mass is 9.89. The van der Waals surface area contributed by atoms with Crippen LogP contribution >= 0.6 is 0 Å². The van der Waals surface area contributed by atoms with Crippen molar-refractivity contribution in [3.05, 3.63) is 12.7 Å². The largest absolute Gasteiger partial charge is 0.444 e. The fraction of sp³-hybridized carbons (Fsp3) is 0.917. The second kappa shape index (κ2) is 16.9. The van der Waals surface area contributed by atoms with E-state index in [0.29, 0.717) is 0 Å². The molecule has 5 atom stereocenters. The van der Waals surface area contributed by atoms with Crippen LogP contribution in [0.25, 0.3) is 0 Å². The third kappa shape index (κ3) is 14.5. The van der Waals surface area contributed by atoms with E-state index in [0.717, 1.165) is 25.7 Å². The number of hydrogen-bond acceptors (Lipinski definition) is 6. The van der Waals surface area contributed by atoms with E-state index in [9.17, 15) is 9.90 Å². The van der Waals surface area contributed by atoms with Gasteiger partial charge in [-0.3, -0.25) is 0 Å². The average molecular weight is 704 g/mol. The number of allylic oxidation sites excluding steroid dienone is 1. The Morgan fingerprint density at radius 1 is 0.783 bits per heavy atom. The van der Waals surface area contributed by atoms with Crippen molar-refractivity contribution >= 4 is 31.0 Å². The smallest absolute Gasteiger partial charge is 0.408 e. The van der Waals surface area contributed by atoms with Crippen LogP contribution in [-0.4, -0.2) is 72.7 Å². The van der Waals surface area contributed by atoms with Crippen LogP contribution in [0, 0.1) is 5.92 Å². The molecule has 0 saturated heterocycles. The predicted octanol–water partition coefficient (Wildman–Crippen LogP) is 10.4. The lowest BCUT2D eigenvalue weighted by Crippen LogP contribution is -2.63. The van der Waals surface area contributed by atoms with Gasteiger partial charge >= 0.3 is 6.09 Å². The van der Waals surface area contributed by atoms with Crippen molar-refractivity contribution < 1.29 is 27.9 Å². The number of alkyl carbamates (subject to hydrolysis) is 1. The Kier molecular flexibility index (Phi) is 16.8. The van der Waals surface area contributed by atoms with Gasteiger partial charge in [0, 0.05) is 0 Å². The third-order valence-electron chi connectivity index (χ3n) is 10.6. The number of aliphatic hydroxyl groups is 1. The zero-order chi connectivity index (χ0) is 36.7. The molecule has 0 bridgehead atoms. The van der Waals surface area contributed by atoms with Gasteiger partial charge in [-0.2, -0.15) is 0 Å². The summed E-state index contributed by atoms with van der Waals surface area (Å²) in [5.41, 5.74) is -0.706. The van der Waals surface area contributed by atoms with E-state index < -0.39 is 61.0 Å². The predicted molar refractivity (Wildman–Crippen MR) is 204 cm³/mol. The maximum absolute atomic E-state index is 13.5. The SMILES string of the molecule is C=CCCCC[C@H](C)[C@H](O[Si](C)(C)C(C)(C)C)[C@@H](O)[C@@H](NC(=O)OC(C)(C)C)[C@@H](CO[Si](C)(C)C(C)(C)C)O[Si](C)(C)C(C)(C)C. The average Bonchev–Trinajstić information content (AvgIpc) is 2.82. The molecule has 0 heterocycles. The number of carbonyl (C=O) groups is 1. The zero-order valence-electron chi connectivity index (χ0n) is 33.7. The number of amides is 1. The highest BCUT2D eigenvalue weighted by molar-refractivity contribution is 6.75. The Labute approximate surface area is 288 Å². The minimum atomic E-state index is -2.39. The highest BCUT2D eigenvalue weighted by Gasteiger charge is 2.49. The van der Waals surface area contributed by atoms with Crippen LogP contribution in [0.5, 0.6) is 0 Å². The molecule has 0 aliphatic carbocycles. The summed E-state index contributed by atoms with van der Waals surface area (Å²) < 4.78 is 26.8. The second-order valence-corrected chi connectivity index (χ2v) is 33.4. The highest BCUT2D eigenvalue weighted by Crippen LogP contribution is 2.42. The number of unbranched alkanes of at least 4 members (excludes halogenated alkanes) is 2. The molecule has 0 unspecified atom stereocenters. The minimum absolute atomic E-state index is 0.0187. The lowest BCUT2D eigenvalue weighted by molar-refractivity contribution is -0.0605. The summed E-state index contributed by atoms with van der Waals surface area (Å²) >= 11 is 0. The van der Waals surface area contributed by atoms with Crippen molar-refractivity contribution in [1.29, 1.82) is 0 Å². The maximum Gasteiger partial charge on any atom is 0.408 e. The Hall–Kier alpha value is -0.499. The van der Waals surface area contributed by atoms with Gasteiger partial charge in [0.25, 0.3) is 0 Å². The fourth-order valence-corrected chi connectivity index (χ4v) is 8.02. The van der Waals surface area contributed by atoms with Crippen LogP contribution < -0.4 is 5.32 Å². The number of nitrogens with one attached hydrogen (secondary N) is 1. The monoisotopic (exact) mass is 704 g/mol. The molecule has 0 aromatic heterocycles. The first kappa shape index (κ1) is 45.5. The van der Waals surface area contributed by atoms with E-state index in [-0.39, 0.29) is 27.6 Å². The number of hydrogen-bond donors (Lipinski definition) is 2. The molecular weight excluding hydrogens is 627 g/mol. The van der Waals surface area contributed by atoms with E-state index in [1.165, 1.54) is 0 Å². The van der Waals surface area contributed by atoms with Crippen LogP contribution in [-0.2, 0) is 18.0 Å². The molecule has 46 heavy (non-hydrogen) atoms. The van der Waals surface area contributed by atoms with Gasteiger partial charge in [-0.05, 0) is 100 Å². The zero-order valence-corrected chi connectivity index (χ0v) is 36.7. The quantitative estimate of drug-likeness (QED) is 0.0891. The molecule has 7 nitrogen and oxygen atoms in total. The molecule has 274 valence electrons. The minimum Gasteiger partial charge on any atom is -0.444 e. The molecular formula is C36H77NO6Si3. The van der Waals surface area contributed by atoms with E-state index >= 15 is 0 Å². The first-order valence-electron chi connectivity index (χ1n) is 17.6. The second-order valence-electron chi connectivity index (χ2n) is 19.0. The van der Waals surface area contributed by atoms with E-state index in [1.807, 2.05) is 26.8 Å². The van der Waals surface area contributed by atoms with Crippen LogP contribution in [0.15, 0.2) is 12.7 Å². The molecule has 2 N–H and O–H groups in total. The van der Waals surface area contributed by atoms with Crippen molar-refractivity contribution in [2.75, 3.05) is 6.61 Å². The normalized spacial score (nSPS) is 17.6. The summed E-state index contributed by atoms with van der Waals surface area (Å²) in [6, 6.07) is -0.820. The van der Waals surface area contributed by atoms with E-state index in [4.69, 9.17) is 18.0 Å². The van der Waals surface area contributed by atoms with Crippen LogP contribution in [0.1, 0.15) is 116 Å². The number of ether oxygens (including phenoxy) is 1. The van der Waals surface area contributed by atoms with Crippen LogP contribution in [0.2, 0.25) is 54.4 Å². The fourth-order valence-electron chi connectivity index (χ4n) is 4.28. The van der Waals surface area contributed by atoms with Gasteiger partial charge < -0.3 is 28.4 Å². The van der Waals surface area contributed by atoms with Gasteiger partial charge in [-0.15, -0.1) is 6.58 Å². The standard InChI is InChI=1S/C36H77NO6Si3/c1-21-22-23-24-25-27(2)31(43-46(19,20)36(12,13)14)30(38)29(37-32(39)41-33(3,4)5)28(42-45(17,18)35(9,10)11)26-40-44(15,16)34(6,7)8/h21,27-31,38H,1,22-26H2,2-20H3,(H,37,39)/t27-,28+,29-,30-,31-/m0/s1. The summed E-state index contributed by atoms with van der Waals surface area (Å²) in [5.74, 6) is 0.0340. The summed E-state index contributed by atoms with van der Waals surface area (Å²) in [6.07, 6.45) is 3.05. The van der Waals surface area contributed by atoms with Gasteiger partial charge in [0.05, 0.1) is 24.9 Å². The Balaban J connectivity index is 7.19. The van der Waals surface area contributed by atoms with Crippen molar-refractivity contribution in [3.63, 3.8) is 0 Å². The summed E-state index contributed by atoms with van der Waals surface area (Å²) in [4.78, 5) is 13.5. The number of carbonyl (C=O) groups excluding carboxylic acids is 1. The molecule has 10 heteroatoms. The molecule has 0 aromatic carbocycles. The van der Waals surface area contributed by atoms with Gasteiger partial charge in [-0.25, -0.2) is 4.79 Å². The first-order valence-corrected chi connectivity index (χ1v) is 26.3. The Morgan fingerprint density at radius 2 is 1.24 bits per heavy atom. The molecule has 0 rings (SSSR count). The van der Waals surface area contributed by atoms with E-state index in [1.54, 1.807) is 0 Å². The molecule has 0 radical (unpaired) electrons. The summed E-state index contributed by atoms with van der Waals surface area (Å²) in [7, 11) is -6.94. The van der Waals surface area contributed by atoms with Crippen molar-refractivity contribution in [1.82, 2.24) is 5.32 Å². The topological polar surface area (TPSA) is 86.3 Å². The van der Waals surface area contributed by atoms with Crippen molar-refractivity contribution in [3.8, 4) is 0 Å². The molecule has 0 aliphatic rings. The summed E-state index contributed by atoms with van der Waals surface area (Å²) in [6.45, 7) is 45.0. The van der Waals surface area contributed by atoms with Gasteiger partial charge in [0.15, 0.2) is 25.0 Å². The lowest BCUT2D eigenvalue weighted by Gasteiger charge is -2.47. The van der Waals surface area contributed by atoms with Crippen LogP contribution in [0.4, 0.5) is 4.79 Å². The summed E-state index contributed by atoms with van der Waals surface area (Å²) in [5, 5.41) is 15.5. The molecule has 0 fully saturated rings. The van der Waals surface area contributed by atoms with Gasteiger partial charge in [0.2, 0.25) is 0 Å². The Bertz CT molecular complexity index is 941. The van der Waals surface area contributed by atoms with Crippen molar-refractivity contribution in [2.24, 2.45) is 5.92 Å². The maximum atomic E-state index is 13.5. The van der Waals surface area contributed by atoms with E-state index in [2.05, 4.69) is 120 Å². The molecule has 0 aromatic rings. The van der Waals surface area contributed by atoms with Gasteiger partial charge in [-0.1, -0.05) is 81.7 Å². The third-order valence-corrected chi connectivity index (χ3v) is 24.0. The first-order chi connectivity index (χ1) is 20.3.